The molecule has 0 atom stereocenters. The molecule has 0 unspecified atom stereocenters. The van der Waals surface area contributed by atoms with Crippen molar-refractivity contribution in [3.05, 3.63) is 23.5 Å². The normalized spacial score (nSPS) is 23.8. The third kappa shape index (κ3) is 2.92. The predicted molar refractivity (Wildman–Crippen MR) is 90.5 cm³/mol. The fourth-order valence-electron chi connectivity index (χ4n) is 4.24. The average molecular weight is 319 g/mol. The van der Waals surface area contributed by atoms with Crippen molar-refractivity contribution in [1.29, 1.82) is 0 Å². The molecule has 5 heteroatoms. The minimum atomic E-state index is -0.118. The summed E-state index contributed by atoms with van der Waals surface area (Å²) in [5, 5.41) is 3.35. The molecule has 0 saturated carbocycles. The van der Waals surface area contributed by atoms with Crippen LogP contribution in [0.5, 0.6) is 0 Å². The Balaban J connectivity index is 1.41. The van der Waals surface area contributed by atoms with Gasteiger partial charge in [-0.05, 0) is 50.3 Å². The first-order valence-corrected chi connectivity index (χ1v) is 8.85. The zero-order valence-corrected chi connectivity index (χ0v) is 13.9. The minimum absolute atomic E-state index is 0.118. The highest BCUT2D eigenvalue weighted by molar-refractivity contribution is 5.76. The monoisotopic (exact) mass is 319 g/mol. The molecule has 3 heterocycles. The summed E-state index contributed by atoms with van der Waals surface area (Å²) >= 11 is 0. The third-order valence-electron chi connectivity index (χ3n) is 5.67. The number of fused-ring (bicyclic) bond motifs is 1. The molecule has 0 radical (unpaired) electrons. The van der Waals surface area contributed by atoms with Gasteiger partial charge >= 0.3 is 0 Å². The van der Waals surface area contributed by atoms with Gasteiger partial charge in [0.15, 0.2) is 0 Å². The van der Waals surface area contributed by atoms with Gasteiger partial charge in [0.2, 0.25) is 0 Å². The van der Waals surface area contributed by atoms with Crippen LogP contribution in [0.2, 0.25) is 0 Å². The minimum Gasteiger partial charge on any atom is -0.381 e. The molecule has 23 heavy (non-hydrogen) atoms. The summed E-state index contributed by atoms with van der Waals surface area (Å²) in [7, 11) is 0. The van der Waals surface area contributed by atoms with Crippen LogP contribution >= 0.6 is 0 Å². The molecule has 2 saturated heterocycles. The van der Waals surface area contributed by atoms with Crippen LogP contribution in [0.4, 0.5) is 15.8 Å². The summed E-state index contributed by atoms with van der Waals surface area (Å²) in [4.78, 5) is 5.09. The largest absolute Gasteiger partial charge is 0.381 e. The van der Waals surface area contributed by atoms with Gasteiger partial charge in [0, 0.05) is 38.4 Å². The number of nitrogens with zero attached hydrogens (tertiary/aromatic N) is 2. The Hall–Kier alpha value is -1.33. The van der Waals surface area contributed by atoms with E-state index in [2.05, 4.69) is 15.1 Å². The van der Waals surface area contributed by atoms with Gasteiger partial charge in [0.25, 0.3) is 0 Å². The molecule has 4 nitrogen and oxygen atoms in total. The van der Waals surface area contributed by atoms with E-state index >= 15 is 0 Å². The highest BCUT2D eigenvalue weighted by Crippen LogP contribution is 2.37. The van der Waals surface area contributed by atoms with Crippen LogP contribution in [0.3, 0.4) is 0 Å². The topological polar surface area (TPSA) is 27.7 Å². The summed E-state index contributed by atoms with van der Waals surface area (Å²) in [6.45, 7) is 6.82. The van der Waals surface area contributed by atoms with E-state index in [9.17, 15) is 4.39 Å². The van der Waals surface area contributed by atoms with E-state index in [-0.39, 0.29) is 5.82 Å². The molecule has 1 aromatic carbocycles. The Kier molecular flexibility index (Phi) is 4.16. The molecule has 3 aliphatic rings. The van der Waals surface area contributed by atoms with Gasteiger partial charge in [-0.15, -0.1) is 0 Å². The van der Waals surface area contributed by atoms with Gasteiger partial charge in [-0.2, -0.15) is 0 Å². The smallest absolute Gasteiger partial charge is 0.128 e. The molecule has 2 fully saturated rings. The maximum atomic E-state index is 13.7. The fraction of sp³-hybridized carbons (Fsp3) is 0.667. The Morgan fingerprint density at radius 1 is 1.09 bits per heavy atom. The molecule has 1 N–H and O–H groups in total. The number of likely N-dealkylation sites (tertiary alicyclic amines) is 1. The number of halogens is 1. The number of anilines is 2. The molecule has 0 bridgehead atoms. The zero-order chi connectivity index (χ0) is 15.8. The molecule has 0 spiro atoms. The van der Waals surface area contributed by atoms with E-state index in [4.69, 9.17) is 4.74 Å². The van der Waals surface area contributed by atoms with Crippen molar-refractivity contribution < 1.29 is 9.13 Å². The Bertz CT molecular complexity index is 566. The van der Waals surface area contributed by atoms with Gasteiger partial charge in [-0.3, -0.25) is 0 Å². The molecule has 0 amide bonds. The molecular weight excluding hydrogens is 293 g/mol. The van der Waals surface area contributed by atoms with Gasteiger partial charge in [0.1, 0.15) is 5.82 Å². The Labute approximate surface area is 137 Å². The van der Waals surface area contributed by atoms with Crippen molar-refractivity contribution in [3.8, 4) is 0 Å². The lowest BCUT2D eigenvalue weighted by molar-refractivity contribution is 0.0252. The fourth-order valence-corrected chi connectivity index (χ4v) is 4.24. The van der Waals surface area contributed by atoms with Crippen molar-refractivity contribution in [1.82, 2.24) is 4.90 Å². The van der Waals surface area contributed by atoms with Crippen molar-refractivity contribution in [2.75, 3.05) is 43.2 Å². The molecule has 0 aromatic heterocycles. The molecule has 4 rings (SSSR count). The number of benzene rings is 1. The van der Waals surface area contributed by atoms with E-state index in [1.807, 2.05) is 13.0 Å². The number of hydrogen-bond acceptors (Lipinski definition) is 4. The van der Waals surface area contributed by atoms with Crippen LogP contribution in [0, 0.1) is 12.7 Å². The first-order valence-electron chi connectivity index (χ1n) is 8.85. The highest BCUT2D eigenvalue weighted by atomic mass is 19.1. The first-order chi connectivity index (χ1) is 11.2. The van der Waals surface area contributed by atoms with E-state index in [1.54, 1.807) is 6.07 Å². The van der Waals surface area contributed by atoms with Gasteiger partial charge in [-0.25, -0.2) is 4.39 Å². The summed E-state index contributed by atoms with van der Waals surface area (Å²) in [6, 6.07) is 4.91. The molecule has 0 aliphatic carbocycles. The number of aryl methyl sites for hydroxylation is 1. The number of nitrogens with one attached hydrogen (secondary N) is 1. The van der Waals surface area contributed by atoms with E-state index < -0.39 is 0 Å². The maximum Gasteiger partial charge on any atom is 0.128 e. The summed E-state index contributed by atoms with van der Waals surface area (Å²) in [5.74, 6) is -0.118. The lowest BCUT2D eigenvalue weighted by atomic mass is 9.98. The highest BCUT2D eigenvalue weighted by Gasteiger charge is 2.32. The van der Waals surface area contributed by atoms with E-state index in [0.29, 0.717) is 12.1 Å². The van der Waals surface area contributed by atoms with Crippen LogP contribution in [0.1, 0.15) is 31.2 Å². The summed E-state index contributed by atoms with van der Waals surface area (Å²) in [5.41, 5.74) is 2.85. The van der Waals surface area contributed by atoms with E-state index in [1.165, 1.54) is 44.5 Å². The van der Waals surface area contributed by atoms with Crippen LogP contribution in [-0.4, -0.2) is 50.0 Å². The van der Waals surface area contributed by atoms with Gasteiger partial charge in [0.05, 0.1) is 18.0 Å². The third-order valence-corrected chi connectivity index (χ3v) is 5.67. The lowest BCUT2D eigenvalue weighted by Crippen LogP contribution is -2.49. The van der Waals surface area contributed by atoms with Crippen molar-refractivity contribution in [2.45, 2.75) is 44.7 Å². The van der Waals surface area contributed by atoms with Crippen molar-refractivity contribution in [3.63, 3.8) is 0 Å². The second-order valence-corrected chi connectivity index (χ2v) is 7.03. The van der Waals surface area contributed by atoms with Crippen LogP contribution in [-0.2, 0) is 4.74 Å². The van der Waals surface area contributed by atoms with E-state index in [0.717, 1.165) is 31.1 Å². The number of hydrogen-bond donors (Lipinski definition) is 1. The van der Waals surface area contributed by atoms with Gasteiger partial charge < -0.3 is 19.9 Å². The summed E-state index contributed by atoms with van der Waals surface area (Å²) in [6.07, 6.45) is 4.73. The predicted octanol–water partition coefficient (Wildman–Crippen LogP) is 2.97. The second-order valence-electron chi connectivity index (χ2n) is 7.03. The average Bonchev–Trinajstić information content (AvgIpc) is 2.99. The Morgan fingerprint density at radius 3 is 2.57 bits per heavy atom. The summed E-state index contributed by atoms with van der Waals surface area (Å²) < 4.78 is 19.2. The van der Waals surface area contributed by atoms with Crippen molar-refractivity contribution in [2.24, 2.45) is 0 Å². The number of rotatable bonds is 2. The molecular formula is C18H26FN3O. The van der Waals surface area contributed by atoms with Crippen LogP contribution in [0.15, 0.2) is 12.1 Å². The standard InChI is InChI=1S/C18H26FN3O/c1-13-10-18-17(11-16(13)19)20-12-22(18)15-2-6-21(7-3-15)14-4-8-23-9-5-14/h10-11,14-15,20H,2-9,12H2,1H3. The number of ether oxygens (including phenoxy) is 1. The SMILES string of the molecule is Cc1cc2c(cc1F)NCN2C1CCN(C2CCOCC2)CC1. The second kappa shape index (κ2) is 6.29. The van der Waals surface area contributed by atoms with Crippen LogP contribution in [0.25, 0.3) is 0 Å². The van der Waals surface area contributed by atoms with Gasteiger partial charge in [-0.1, -0.05) is 0 Å². The van der Waals surface area contributed by atoms with Crippen LogP contribution < -0.4 is 10.2 Å². The maximum absolute atomic E-state index is 13.7. The molecule has 126 valence electrons. The van der Waals surface area contributed by atoms with Crippen molar-refractivity contribution >= 4 is 11.4 Å². The molecule has 3 aliphatic heterocycles. The zero-order valence-electron chi connectivity index (χ0n) is 13.9. The number of piperidine rings is 1. The Morgan fingerprint density at radius 2 is 1.83 bits per heavy atom. The first kappa shape index (κ1) is 15.2. The lowest BCUT2D eigenvalue weighted by Gasteiger charge is -2.42. The molecule has 1 aromatic rings. The quantitative estimate of drug-likeness (QED) is 0.907.